The van der Waals surface area contributed by atoms with Gasteiger partial charge in [-0.3, -0.25) is 0 Å². The van der Waals surface area contributed by atoms with E-state index in [4.69, 9.17) is 0 Å². The average molecular weight is 660 g/mol. The van der Waals surface area contributed by atoms with Crippen LogP contribution in [0.2, 0.25) is 0 Å². The van der Waals surface area contributed by atoms with Gasteiger partial charge >= 0.3 is 150 Å². The van der Waals surface area contributed by atoms with E-state index in [9.17, 15) is 0 Å². The summed E-state index contributed by atoms with van der Waals surface area (Å²) in [6.07, 6.45) is -1.22. The maximum absolute atomic E-state index is 2.30. The van der Waals surface area contributed by atoms with E-state index in [1.54, 1.807) is 0 Å². The van der Waals surface area contributed by atoms with Crippen molar-refractivity contribution in [3.8, 4) is 0 Å². The van der Waals surface area contributed by atoms with Crippen molar-refractivity contribution in [3.63, 3.8) is 0 Å². The van der Waals surface area contributed by atoms with E-state index in [1.165, 1.54) is 43.1 Å². The molecule has 242 valence electrons. The van der Waals surface area contributed by atoms with Crippen LogP contribution in [0.25, 0.3) is 0 Å². The van der Waals surface area contributed by atoms with Gasteiger partial charge in [0.1, 0.15) is 6.15 Å². The van der Waals surface area contributed by atoms with Gasteiger partial charge in [-0.15, -0.1) is 0 Å². The van der Waals surface area contributed by atoms with E-state index in [-0.39, 0.29) is 0 Å². The fourth-order valence-electron chi connectivity index (χ4n) is 7.87. The second-order valence-electron chi connectivity index (χ2n) is 12.7. The van der Waals surface area contributed by atoms with Gasteiger partial charge < -0.3 is 0 Å². The SMILES string of the molecule is c1ccc([B-](c2ccccc2)(c2ccccc2)c2ccccc2)cc1.c1ccc([PH](c2ccccc2)(c2ccccc2)c2ccccc2)cc1. The monoisotopic (exact) mass is 659 g/mol. The summed E-state index contributed by atoms with van der Waals surface area (Å²) in [7, 11) is -2.30. The summed E-state index contributed by atoms with van der Waals surface area (Å²) in [4.78, 5) is 0. The van der Waals surface area contributed by atoms with Gasteiger partial charge in [0.2, 0.25) is 0 Å². The van der Waals surface area contributed by atoms with Gasteiger partial charge in [-0.1, -0.05) is 121 Å². The first-order valence-corrected chi connectivity index (χ1v) is 19.4. The summed E-state index contributed by atoms with van der Waals surface area (Å²) in [6.45, 7) is 0. The molecule has 0 nitrogen and oxygen atoms in total. The number of benzene rings is 8. The van der Waals surface area contributed by atoms with Crippen molar-refractivity contribution in [1.82, 2.24) is 0 Å². The van der Waals surface area contributed by atoms with Crippen LogP contribution < -0.4 is 43.1 Å². The van der Waals surface area contributed by atoms with Crippen LogP contribution in [0.15, 0.2) is 243 Å². The van der Waals surface area contributed by atoms with E-state index in [1.807, 2.05) is 0 Å². The Labute approximate surface area is 298 Å². The van der Waals surface area contributed by atoms with Crippen molar-refractivity contribution in [3.05, 3.63) is 243 Å². The molecular weight excluding hydrogens is 618 g/mol. The van der Waals surface area contributed by atoms with Crippen LogP contribution in [0.4, 0.5) is 0 Å². The van der Waals surface area contributed by atoms with Crippen LogP contribution in [0, 0.1) is 0 Å². The van der Waals surface area contributed by atoms with E-state index >= 15 is 0 Å². The van der Waals surface area contributed by atoms with Crippen molar-refractivity contribution in [2.45, 2.75) is 0 Å². The summed E-state index contributed by atoms with van der Waals surface area (Å²) in [5.41, 5.74) is 5.36. The Morgan fingerprint density at radius 3 is 0.540 bits per heavy atom. The molecule has 2 heteroatoms. The second-order valence-corrected chi connectivity index (χ2v) is 16.5. The molecule has 8 rings (SSSR count). The van der Waals surface area contributed by atoms with Gasteiger partial charge in [0.15, 0.2) is 0 Å². The van der Waals surface area contributed by atoms with Crippen LogP contribution >= 0.6 is 7.26 Å². The molecule has 0 heterocycles. The molecule has 8 aromatic carbocycles. The molecule has 0 N–H and O–H groups in total. The molecule has 8 aromatic rings. The van der Waals surface area contributed by atoms with E-state index in [2.05, 4.69) is 243 Å². The third-order valence-electron chi connectivity index (χ3n) is 10.0. The predicted octanol–water partition coefficient (Wildman–Crippen LogP) is 7.10. The minimum absolute atomic E-state index is 1.22. The summed E-state index contributed by atoms with van der Waals surface area (Å²) < 4.78 is 0. The molecule has 0 radical (unpaired) electrons. The average Bonchev–Trinajstić information content (AvgIpc) is 3.22. The van der Waals surface area contributed by atoms with Crippen LogP contribution in [0.5, 0.6) is 0 Å². The maximum atomic E-state index is 2.29. The number of hydrogen-bond donors (Lipinski definition) is 0. The first kappa shape index (κ1) is 32.8. The molecule has 0 aliphatic heterocycles. The van der Waals surface area contributed by atoms with Crippen molar-refractivity contribution in [2.75, 3.05) is 0 Å². The Bertz CT molecular complexity index is 1670. The molecule has 0 aliphatic rings. The number of hydrogen-bond acceptors (Lipinski definition) is 0. The van der Waals surface area contributed by atoms with Crippen molar-refractivity contribution >= 4 is 56.5 Å². The molecule has 0 fully saturated rings. The quantitative estimate of drug-likeness (QED) is 0.121. The molecule has 0 aliphatic carbocycles. The zero-order valence-corrected chi connectivity index (χ0v) is 29.2. The Hall–Kier alpha value is -5.75. The molecule has 0 saturated carbocycles. The molecule has 0 saturated heterocycles. The summed E-state index contributed by atoms with van der Waals surface area (Å²) >= 11 is 0. The first-order valence-electron chi connectivity index (χ1n) is 17.4. The molecule has 50 heavy (non-hydrogen) atoms. The predicted molar refractivity (Wildman–Crippen MR) is 223 cm³/mol. The van der Waals surface area contributed by atoms with Crippen LogP contribution in [0.1, 0.15) is 0 Å². The van der Waals surface area contributed by atoms with Crippen molar-refractivity contribution in [2.24, 2.45) is 0 Å². The fraction of sp³-hybridized carbons (Fsp3) is 0. The zero-order chi connectivity index (χ0) is 33.9. The second kappa shape index (κ2) is 15.6. The Kier molecular flexibility index (Phi) is 10.3. The summed E-state index contributed by atoms with van der Waals surface area (Å²) in [6, 6.07) is 87.5. The van der Waals surface area contributed by atoms with Gasteiger partial charge in [-0.25, -0.2) is 0 Å². The summed E-state index contributed by atoms with van der Waals surface area (Å²) in [5, 5.41) is 5.66. The van der Waals surface area contributed by atoms with Gasteiger partial charge in [-0.2, -0.15) is 21.9 Å². The van der Waals surface area contributed by atoms with Crippen molar-refractivity contribution in [1.29, 1.82) is 0 Å². The third-order valence-corrected chi connectivity index (χ3v) is 14.8. The van der Waals surface area contributed by atoms with Crippen LogP contribution in [-0.4, -0.2) is 6.15 Å². The normalized spacial score (nSPS) is 11.5. The molecule has 0 spiro atoms. The zero-order valence-electron chi connectivity index (χ0n) is 28.2. The Balaban J connectivity index is 0.000000157. The van der Waals surface area contributed by atoms with Gasteiger partial charge in [0.05, 0.1) is 0 Å². The minimum atomic E-state index is -2.30. The van der Waals surface area contributed by atoms with E-state index in [0.717, 1.165) is 0 Å². The molecule has 0 atom stereocenters. The number of rotatable bonds is 8. The fourth-order valence-corrected chi connectivity index (χ4v) is 12.6. The van der Waals surface area contributed by atoms with Crippen LogP contribution in [-0.2, 0) is 0 Å². The van der Waals surface area contributed by atoms with Crippen molar-refractivity contribution < 1.29 is 0 Å². The van der Waals surface area contributed by atoms with E-state index in [0.29, 0.717) is 0 Å². The molecular formula is C48H41BP-. The van der Waals surface area contributed by atoms with Gasteiger partial charge in [-0.05, 0) is 0 Å². The Morgan fingerprint density at radius 1 is 0.200 bits per heavy atom. The summed E-state index contributed by atoms with van der Waals surface area (Å²) in [5.74, 6) is 0. The molecule has 0 unspecified atom stereocenters. The molecule has 0 bridgehead atoms. The molecule has 0 aromatic heterocycles. The third kappa shape index (κ3) is 6.37. The van der Waals surface area contributed by atoms with Gasteiger partial charge in [0.25, 0.3) is 0 Å². The Morgan fingerprint density at radius 2 is 0.360 bits per heavy atom. The van der Waals surface area contributed by atoms with Gasteiger partial charge in [0, 0.05) is 0 Å². The standard InChI is InChI=1S/C24H20B.C24H21P/c2*1-5-13-21(14-6-1)25(22-15-7-2-8-16-22,23-17-9-3-10-18-23)24-19-11-4-12-20-24/h1-20H;1-20,25H/q-1;. The first-order chi connectivity index (χ1) is 24.8. The topological polar surface area (TPSA) is 0 Å². The van der Waals surface area contributed by atoms with Crippen LogP contribution in [0.3, 0.4) is 0 Å². The van der Waals surface area contributed by atoms with E-state index < -0.39 is 13.4 Å². The molecule has 0 amide bonds.